The molecule has 52 valence electrons. The van der Waals surface area contributed by atoms with E-state index in [4.69, 9.17) is 0 Å². The Morgan fingerprint density at radius 2 is 2.00 bits per heavy atom. The fourth-order valence-electron chi connectivity index (χ4n) is 2.97. The molecule has 0 amide bonds. The van der Waals surface area contributed by atoms with Gasteiger partial charge in [0.05, 0.1) is 0 Å². The molecule has 0 aliphatic heterocycles. The highest BCUT2D eigenvalue weighted by atomic mass is 14.6. The minimum atomic E-state index is 0.755. The summed E-state index contributed by atoms with van der Waals surface area (Å²) in [6, 6.07) is 0. The van der Waals surface area contributed by atoms with Crippen molar-refractivity contribution in [2.45, 2.75) is 33.6 Å². The highest BCUT2D eigenvalue weighted by Gasteiger charge is 2.57. The first-order valence-electron chi connectivity index (χ1n) is 4.14. The lowest BCUT2D eigenvalue weighted by Gasteiger charge is -2.44. The van der Waals surface area contributed by atoms with Gasteiger partial charge in [-0.25, -0.2) is 0 Å². The van der Waals surface area contributed by atoms with Crippen molar-refractivity contribution in [3.05, 3.63) is 0 Å². The first-order valence-corrected chi connectivity index (χ1v) is 4.14. The van der Waals surface area contributed by atoms with Crippen molar-refractivity contribution in [1.29, 1.82) is 0 Å². The summed E-state index contributed by atoms with van der Waals surface area (Å²) < 4.78 is 0. The normalized spacial score (nSPS) is 63.7. The van der Waals surface area contributed by atoms with Crippen LogP contribution in [0.2, 0.25) is 0 Å². The smallest absolute Gasteiger partial charge is 0.0269 e. The predicted molar refractivity (Wildman–Crippen MR) is 39.2 cm³/mol. The molecule has 4 unspecified atom stereocenters. The molecule has 0 radical (unpaired) electrons. The van der Waals surface area contributed by atoms with E-state index in [1.54, 1.807) is 0 Å². The van der Waals surface area contributed by atoms with Crippen molar-refractivity contribution < 1.29 is 0 Å². The molecule has 9 heavy (non-hydrogen) atoms. The quantitative estimate of drug-likeness (QED) is 0.465. The maximum absolute atomic E-state index is 2.46. The Morgan fingerprint density at radius 3 is 2.11 bits per heavy atom. The molecule has 3 saturated carbocycles. The Kier molecular flexibility index (Phi) is 0.868. The van der Waals surface area contributed by atoms with Crippen LogP contribution in [-0.4, -0.2) is 0 Å². The summed E-state index contributed by atoms with van der Waals surface area (Å²) in [5, 5.41) is 0. The molecule has 0 aromatic heterocycles. The van der Waals surface area contributed by atoms with Crippen LogP contribution >= 0.6 is 0 Å². The Bertz CT molecular complexity index is 131. The van der Waals surface area contributed by atoms with Gasteiger partial charge in [-0.3, -0.25) is 0 Å². The van der Waals surface area contributed by atoms with Crippen molar-refractivity contribution in [2.24, 2.45) is 23.2 Å². The van der Waals surface area contributed by atoms with Crippen LogP contribution in [-0.2, 0) is 0 Å². The Hall–Kier alpha value is 0. The summed E-state index contributed by atoms with van der Waals surface area (Å²) in [5.74, 6) is 3.15. The lowest BCUT2D eigenvalue weighted by Crippen LogP contribution is -2.37. The average Bonchev–Trinajstić information content (AvgIpc) is 2.19. The lowest BCUT2D eigenvalue weighted by atomic mass is 9.60. The van der Waals surface area contributed by atoms with Crippen LogP contribution in [0.15, 0.2) is 0 Å². The van der Waals surface area contributed by atoms with Gasteiger partial charge in [0.2, 0.25) is 0 Å². The largest absolute Gasteiger partial charge is 0.0620 e. The molecule has 0 heterocycles. The number of fused-ring (bicyclic) bond motifs is 1. The van der Waals surface area contributed by atoms with E-state index in [0.717, 1.165) is 23.2 Å². The Labute approximate surface area is 57.6 Å². The van der Waals surface area contributed by atoms with E-state index in [1.807, 2.05) is 0 Å². The third-order valence-corrected chi connectivity index (χ3v) is 4.23. The van der Waals surface area contributed by atoms with Crippen LogP contribution in [0.5, 0.6) is 0 Å². The van der Waals surface area contributed by atoms with Crippen LogP contribution in [0.1, 0.15) is 33.6 Å². The minimum Gasteiger partial charge on any atom is -0.0620 e. The van der Waals surface area contributed by atoms with Gasteiger partial charge >= 0.3 is 0 Å². The predicted octanol–water partition coefficient (Wildman–Crippen LogP) is 2.69. The monoisotopic (exact) mass is 124 g/mol. The second-order valence-electron chi connectivity index (χ2n) is 4.40. The van der Waals surface area contributed by atoms with Gasteiger partial charge < -0.3 is 0 Å². The summed E-state index contributed by atoms with van der Waals surface area (Å²) in [4.78, 5) is 0. The zero-order valence-electron chi connectivity index (χ0n) is 6.65. The summed E-state index contributed by atoms with van der Waals surface area (Å²) >= 11 is 0. The standard InChI is InChI=1S/C9H16/c1-6-4-8-5-9(6,3)7(8)2/h6-8H,4-5H2,1-3H3. The summed E-state index contributed by atoms with van der Waals surface area (Å²) in [6.07, 6.45) is 3.03. The van der Waals surface area contributed by atoms with Gasteiger partial charge in [0.25, 0.3) is 0 Å². The van der Waals surface area contributed by atoms with E-state index < -0.39 is 0 Å². The highest BCUT2D eigenvalue weighted by Crippen LogP contribution is 2.65. The van der Waals surface area contributed by atoms with Crippen LogP contribution in [0.25, 0.3) is 0 Å². The molecule has 4 atom stereocenters. The molecule has 0 N–H and O–H groups in total. The average molecular weight is 124 g/mol. The first-order chi connectivity index (χ1) is 4.14. The summed E-state index contributed by atoms with van der Waals surface area (Å²) in [7, 11) is 0. The van der Waals surface area contributed by atoms with E-state index in [1.165, 1.54) is 12.8 Å². The topological polar surface area (TPSA) is 0 Å². The summed E-state index contributed by atoms with van der Waals surface area (Å²) in [5.41, 5.74) is 0.755. The van der Waals surface area contributed by atoms with E-state index in [-0.39, 0.29) is 0 Å². The van der Waals surface area contributed by atoms with Gasteiger partial charge in [-0.05, 0) is 36.0 Å². The van der Waals surface area contributed by atoms with Crippen LogP contribution in [0, 0.1) is 23.2 Å². The number of rotatable bonds is 0. The van der Waals surface area contributed by atoms with E-state index in [2.05, 4.69) is 20.8 Å². The molecular weight excluding hydrogens is 108 g/mol. The zero-order chi connectivity index (χ0) is 6.65. The maximum Gasteiger partial charge on any atom is -0.0269 e. The van der Waals surface area contributed by atoms with Crippen LogP contribution in [0.4, 0.5) is 0 Å². The van der Waals surface area contributed by atoms with Crippen molar-refractivity contribution in [1.82, 2.24) is 0 Å². The molecule has 0 nitrogen and oxygen atoms in total. The molecule has 0 aromatic carbocycles. The van der Waals surface area contributed by atoms with Crippen molar-refractivity contribution in [3.63, 3.8) is 0 Å². The van der Waals surface area contributed by atoms with Crippen LogP contribution in [0.3, 0.4) is 0 Å². The van der Waals surface area contributed by atoms with Crippen LogP contribution < -0.4 is 0 Å². The SMILES string of the molecule is CC1CC2CC1(C)C2C. The minimum absolute atomic E-state index is 0.755. The van der Waals surface area contributed by atoms with Crippen molar-refractivity contribution >= 4 is 0 Å². The molecule has 3 aliphatic carbocycles. The molecule has 0 spiro atoms. The highest BCUT2D eigenvalue weighted by molar-refractivity contribution is 5.06. The van der Waals surface area contributed by atoms with Gasteiger partial charge in [-0.2, -0.15) is 0 Å². The maximum atomic E-state index is 2.46. The van der Waals surface area contributed by atoms with Gasteiger partial charge in [-0.1, -0.05) is 20.8 Å². The fraction of sp³-hybridized carbons (Fsp3) is 1.00. The third-order valence-electron chi connectivity index (χ3n) is 4.23. The molecule has 0 aromatic rings. The number of hydrogen-bond acceptors (Lipinski definition) is 0. The molecule has 3 fully saturated rings. The van der Waals surface area contributed by atoms with E-state index in [0.29, 0.717) is 0 Å². The molecular formula is C9H16. The van der Waals surface area contributed by atoms with Gasteiger partial charge in [-0.15, -0.1) is 0 Å². The zero-order valence-corrected chi connectivity index (χ0v) is 6.65. The lowest BCUT2D eigenvalue weighted by molar-refractivity contribution is 0.0439. The Balaban J connectivity index is 2.25. The molecule has 3 aliphatic rings. The molecule has 2 bridgehead atoms. The van der Waals surface area contributed by atoms with Crippen molar-refractivity contribution in [2.75, 3.05) is 0 Å². The van der Waals surface area contributed by atoms with Crippen molar-refractivity contribution in [3.8, 4) is 0 Å². The van der Waals surface area contributed by atoms with E-state index in [9.17, 15) is 0 Å². The Morgan fingerprint density at radius 1 is 1.33 bits per heavy atom. The second kappa shape index (κ2) is 1.36. The van der Waals surface area contributed by atoms with Gasteiger partial charge in [0.1, 0.15) is 0 Å². The molecule has 0 heteroatoms. The third kappa shape index (κ3) is 0.461. The second-order valence-corrected chi connectivity index (χ2v) is 4.40. The first kappa shape index (κ1) is 5.76. The fourth-order valence-corrected chi connectivity index (χ4v) is 2.97. The summed E-state index contributed by atoms with van der Waals surface area (Å²) in [6.45, 7) is 7.31. The molecule has 0 saturated heterocycles. The van der Waals surface area contributed by atoms with Gasteiger partial charge in [0.15, 0.2) is 0 Å². The number of hydrogen-bond donors (Lipinski definition) is 0. The molecule has 3 rings (SSSR count). The van der Waals surface area contributed by atoms with E-state index >= 15 is 0 Å². The van der Waals surface area contributed by atoms with Gasteiger partial charge in [0, 0.05) is 0 Å².